The summed E-state index contributed by atoms with van der Waals surface area (Å²) in [7, 11) is 2.13. The number of aliphatic imine (C=N–C) groups is 1. The Morgan fingerprint density at radius 2 is 2.10 bits per heavy atom. The summed E-state index contributed by atoms with van der Waals surface area (Å²) in [5, 5.41) is 2.96. The Labute approximate surface area is 182 Å². The van der Waals surface area contributed by atoms with E-state index in [0.717, 1.165) is 56.2 Å². The fourth-order valence-electron chi connectivity index (χ4n) is 4.15. The first-order chi connectivity index (χ1) is 15.0. The lowest BCUT2D eigenvalue weighted by Crippen LogP contribution is -2.44. The molecule has 3 heterocycles. The highest BCUT2D eigenvalue weighted by Crippen LogP contribution is 2.34. The van der Waals surface area contributed by atoms with E-state index in [1.54, 1.807) is 6.20 Å². The molecule has 9 heteroatoms. The van der Waals surface area contributed by atoms with Gasteiger partial charge in [0.1, 0.15) is 6.17 Å². The van der Waals surface area contributed by atoms with Gasteiger partial charge in [-0.2, -0.15) is 0 Å². The molecular formula is C22H30FN7O. The third-order valence-corrected chi connectivity index (χ3v) is 5.93. The summed E-state index contributed by atoms with van der Waals surface area (Å²) in [6, 6.07) is 6.02. The van der Waals surface area contributed by atoms with Crippen LogP contribution in [-0.4, -0.2) is 80.0 Å². The minimum atomic E-state index is -0.858. The van der Waals surface area contributed by atoms with E-state index in [1.807, 2.05) is 17.0 Å². The Bertz CT molecular complexity index is 922. The molecule has 8 nitrogen and oxygen atoms in total. The average molecular weight is 428 g/mol. The van der Waals surface area contributed by atoms with Crippen molar-refractivity contribution in [3.8, 4) is 0 Å². The molecular weight excluding hydrogens is 397 g/mol. The summed E-state index contributed by atoms with van der Waals surface area (Å²) in [5.74, 6) is -0.118. The Hall–Kier alpha value is -2.94. The highest BCUT2D eigenvalue weighted by Gasteiger charge is 2.24. The predicted molar refractivity (Wildman–Crippen MR) is 122 cm³/mol. The topological polar surface area (TPSA) is 79.9 Å². The lowest BCUT2D eigenvalue weighted by Gasteiger charge is -2.36. The van der Waals surface area contributed by atoms with Crippen LogP contribution in [0.5, 0.6) is 0 Å². The zero-order valence-corrected chi connectivity index (χ0v) is 18.0. The second-order valence-corrected chi connectivity index (χ2v) is 8.27. The van der Waals surface area contributed by atoms with Crippen molar-refractivity contribution in [2.75, 3.05) is 61.4 Å². The van der Waals surface area contributed by atoms with Gasteiger partial charge in [-0.25, -0.2) is 9.37 Å². The molecule has 0 radical (unpaired) electrons. The third-order valence-electron chi connectivity index (χ3n) is 5.93. The molecule has 0 spiro atoms. The van der Waals surface area contributed by atoms with E-state index in [4.69, 9.17) is 0 Å². The second kappa shape index (κ2) is 9.47. The van der Waals surface area contributed by atoms with Crippen LogP contribution in [0, 0.1) is 0 Å². The van der Waals surface area contributed by atoms with Gasteiger partial charge in [0.2, 0.25) is 0 Å². The number of benzene rings is 1. The van der Waals surface area contributed by atoms with Gasteiger partial charge in [0, 0.05) is 45.0 Å². The van der Waals surface area contributed by atoms with Gasteiger partial charge >= 0.3 is 0 Å². The monoisotopic (exact) mass is 427 g/mol. The molecule has 1 unspecified atom stereocenters. The highest BCUT2D eigenvalue weighted by molar-refractivity contribution is 6.04. The van der Waals surface area contributed by atoms with Crippen LogP contribution in [0.25, 0.3) is 0 Å². The van der Waals surface area contributed by atoms with E-state index in [9.17, 15) is 9.18 Å². The molecule has 2 N–H and O–H groups in total. The summed E-state index contributed by atoms with van der Waals surface area (Å²) >= 11 is 0. The zero-order chi connectivity index (χ0) is 21.8. The number of halogens is 1. The van der Waals surface area contributed by atoms with Gasteiger partial charge in [-0.05, 0) is 44.8 Å². The van der Waals surface area contributed by atoms with Crippen LogP contribution in [0.1, 0.15) is 29.2 Å². The molecule has 1 atom stereocenters. The van der Waals surface area contributed by atoms with Crippen molar-refractivity contribution in [1.82, 2.24) is 14.9 Å². The summed E-state index contributed by atoms with van der Waals surface area (Å²) in [4.78, 5) is 30.4. The number of aromatic nitrogens is 2. The maximum Gasteiger partial charge on any atom is 0.291 e. The number of piperidine rings is 1. The van der Waals surface area contributed by atoms with Crippen molar-refractivity contribution in [3.05, 3.63) is 35.9 Å². The molecule has 4 rings (SSSR count). The number of amides is 1. The minimum absolute atomic E-state index is 0.217. The zero-order valence-electron chi connectivity index (χ0n) is 18.0. The van der Waals surface area contributed by atoms with Crippen LogP contribution >= 0.6 is 0 Å². The van der Waals surface area contributed by atoms with Crippen molar-refractivity contribution in [2.24, 2.45) is 4.99 Å². The van der Waals surface area contributed by atoms with E-state index < -0.39 is 6.17 Å². The molecule has 2 aliphatic heterocycles. The fourth-order valence-corrected chi connectivity index (χ4v) is 4.15. The number of carbonyl (C=O) groups is 1. The van der Waals surface area contributed by atoms with Crippen LogP contribution in [0.3, 0.4) is 0 Å². The molecule has 1 aromatic carbocycles. The maximum atomic E-state index is 14.2. The molecule has 1 aromatic heterocycles. The Morgan fingerprint density at radius 3 is 2.84 bits per heavy atom. The van der Waals surface area contributed by atoms with Crippen molar-refractivity contribution in [1.29, 1.82) is 0 Å². The number of H-pyrrole nitrogens is 1. The molecule has 166 valence electrons. The molecule has 2 saturated heterocycles. The Balaban J connectivity index is 1.59. The molecule has 2 aliphatic rings. The number of hydrogen-bond donors (Lipinski definition) is 2. The quantitative estimate of drug-likeness (QED) is 0.693. The number of piperazine rings is 1. The molecule has 1 amide bonds. The largest absolute Gasteiger partial charge is 0.369 e. The van der Waals surface area contributed by atoms with E-state index in [0.29, 0.717) is 25.2 Å². The maximum absolute atomic E-state index is 14.2. The normalized spacial score (nSPS) is 20.0. The second-order valence-electron chi connectivity index (χ2n) is 8.27. The molecule has 2 fully saturated rings. The van der Waals surface area contributed by atoms with Crippen molar-refractivity contribution < 1.29 is 9.18 Å². The number of imidazole rings is 1. The minimum Gasteiger partial charge on any atom is -0.369 e. The third kappa shape index (κ3) is 5.04. The van der Waals surface area contributed by atoms with Gasteiger partial charge in [-0.1, -0.05) is 0 Å². The number of likely N-dealkylation sites (N-methyl/N-ethyl adjacent to an activating group) is 1. The van der Waals surface area contributed by atoms with Crippen LogP contribution in [0.4, 0.5) is 21.5 Å². The van der Waals surface area contributed by atoms with Gasteiger partial charge in [-0.3, -0.25) is 9.79 Å². The number of carbonyl (C=O) groups excluding carboxylic acids is 1. The van der Waals surface area contributed by atoms with Crippen molar-refractivity contribution in [3.63, 3.8) is 0 Å². The molecule has 31 heavy (non-hydrogen) atoms. The van der Waals surface area contributed by atoms with Crippen LogP contribution in [-0.2, 0) is 6.54 Å². The first-order valence-electron chi connectivity index (χ1n) is 10.8. The number of nitrogens with one attached hydrogen (secondary N) is 2. The standard InChI is InChI=1S/C22H30FN7O/c1-24-13-17-14-25-21(26-17)22(31)27-19-6-5-18(29-10-8-28(2)9-11-29)12-20(19)30-7-3-4-16(23)15-30/h5-6,12,14,16H,1,3-4,7-11,13,15H2,2H3,(H,25,26)(H,27,31). The van der Waals surface area contributed by atoms with Crippen molar-refractivity contribution >= 4 is 29.7 Å². The smallest absolute Gasteiger partial charge is 0.291 e. The summed E-state index contributed by atoms with van der Waals surface area (Å²) < 4.78 is 14.2. The van der Waals surface area contributed by atoms with Gasteiger partial charge in [0.15, 0.2) is 5.82 Å². The fraction of sp³-hybridized carbons (Fsp3) is 0.500. The number of aromatic amines is 1. The van der Waals surface area contributed by atoms with Crippen LogP contribution in [0.2, 0.25) is 0 Å². The highest BCUT2D eigenvalue weighted by atomic mass is 19.1. The lowest BCUT2D eigenvalue weighted by molar-refractivity contribution is 0.101. The van der Waals surface area contributed by atoms with Gasteiger partial charge < -0.3 is 25.0 Å². The first-order valence-corrected chi connectivity index (χ1v) is 10.8. The number of hydrogen-bond acceptors (Lipinski definition) is 6. The van der Waals surface area contributed by atoms with Crippen LogP contribution < -0.4 is 15.1 Å². The van der Waals surface area contributed by atoms with E-state index in [1.165, 1.54) is 0 Å². The van der Waals surface area contributed by atoms with Gasteiger partial charge in [0.05, 0.1) is 29.8 Å². The number of alkyl halides is 1. The molecule has 2 aromatic rings. The summed E-state index contributed by atoms with van der Waals surface area (Å²) in [6.45, 7) is 8.83. The van der Waals surface area contributed by atoms with Gasteiger partial charge in [0.25, 0.3) is 5.91 Å². The van der Waals surface area contributed by atoms with E-state index >= 15 is 0 Å². The summed E-state index contributed by atoms with van der Waals surface area (Å²) in [5.41, 5.74) is 3.34. The predicted octanol–water partition coefficient (Wildman–Crippen LogP) is 2.55. The van der Waals surface area contributed by atoms with E-state index in [2.05, 4.69) is 49.9 Å². The SMILES string of the molecule is C=NCc1cnc(C(=O)Nc2ccc(N3CCN(C)CC3)cc2N2CCCC(F)C2)[nH]1. The Kier molecular flexibility index (Phi) is 6.50. The molecule has 0 aliphatic carbocycles. The Morgan fingerprint density at radius 1 is 1.29 bits per heavy atom. The number of rotatable bonds is 6. The molecule has 0 bridgehead atoms. The number of nitrogens with zero attached hydrogens (tertiary/aromatic N) is 5. The van der Waals surface area contributed by atoms with E-state index in [-0.39, 0.29) is 11.7 Å². The van der Waals surface area contributed by atoms with Gasteiger partial charge in [-0.15, -0.1) is 0 Å². The molecule has 0 saturated carbocycles. The van der Waals surface area contributed by atoms with Crippen LogP contribution in [0.15, 0.2) is 29.4 Å². The summed E-state index contributed by atoms with van der Waals surface area (Å²) in [6.07, 6.45) is 2.11. The first kappa shape index (κ1) is 21.3. The average Bonchev–Trinajstić information content (AvgIpc) is 3.24. The van der Waals surface area contributed by atoms with Crippen molar-refractivity contribution in [2.45, 2.75) is 25.6 Å². The lowest BCUT2D eigenvalue weighted by atomic mass is 10.1. The number of anilines is 3.